The summed E-state index contributed by atoms with van der Waals surface area (Å²) < 4.78 is 82.2. The van der Waals surface area contributed by atoms with E-state index in [1.54, 1.807) is 49.0 Å². The highest BCUT2D eigenvalue weighted by Crippen LogP contribution is 2.38. The van der Waals surface area contributed by atoms with E-state index in [0.717, 1.165) is 11.1 Å². The molecule has 0 saturated heterocycles. The van der Waals surface area contributed by atoms with Gasteiger partial charge in [0.25, 0.3) is 5.91 Å². The number of hydrogen-bond donors (Lipinski definition) is 0. The van der Waals surface area contributed by atoms with Gasteiger partial charge in [0.2, 0.25) is 0 Å². The number of nitrogens with zero attached hydrogens (tertiary/aromatic N) is 2. The van der Waals surface area contributed by atoms with Gasteiger partial charge in [0.1, 0.15) is 0 Å². The summed E-state index contributed by atoms with van der Waals surface area (Å²) in [4.78, 5) is 14.9. The zero-order valence-electron chi connectivity index (χ0n) is 18.8. The number of carbonyl (C=O) groups excluding carboxylic acids is 1. The van der Waals surface area contributed by atoms with Gasteiger partial charge in [-0.25, -0.2) is 0 Å². The van der Waals surface area contributed by atoms with Gasteiger partial charge < -0.3 is 9.47 Å². The second-order valence-electron chi connectivity index (χ2n) is 8.10. The maximum Gasteiger partial charge on any atom is 0.416 e. The zero-order chi connectivity index (χ0) is 25.3. The molecule has 182 valence electrons. The van der Waals surface area contributed by atoms with E-state index in [0.29, 0.717) is 24.2 Å². The fourth-order valence-electron chi connectivity index (χ4n) is 3.97. The van der Waals surface area contributed by atoms with Crippen molar-refractivity contribution in [2.24, 2.45) is 7.05 Å². The van der Waals surface area contributed by atoms with Gasteiger partial charge in [0, 0.05) is 31.0 Å². The lowest BCUT2D eigenvalue weighted by molar-refractivity contribution is -0.143. The molecule has 1 aromatic heterocycles. The normalized spacial score (nSPS) is 13.1. The monoisotopic (exact) mass is 482 g/mol. The molecule has 2 aromatic carbocycles. The minimum atomic E-state index is -5.04. The van der Waals surface area contributed by atoms with Crippen molar-refractivity contribution in [3.8, 4) is 0 Å². The van der Waals surface area contributed by atoms with Crippen LogP contribution in [-0.2, 0) is 19.4 Å². The number of rotatable bonds is 6. The average Bonchev–Trinajstić information content (AvgIpc) is 3.18. The first-order chi connectivity index (χ1) is 15.8. The molecule has 3 aromatic rings. The summed E-state index contributed by atoms with van der Waals surface area (Å²) in [5.74, 6) is -0.909. The fraction of sp³-hybridized carbons (Fsp3) is 0.320. The molecule has 0 aliphatic carbocycles. The standard InChI is InChI=1S/C25H24F6N2O/c1-4-11-33(22(21-10-7-12-32(21)3)20-9-6-5-8-16(20)2)23(34)17-13-18(24(26,27)28)15-19(14-17)25(29,30)31/h5-10,12-15,22H,4,11H2,1-3H3. The third-order valence-corrected chi connectivity index (χ3v) is 5.62. The first kappa shape index (κ1) is 25.4. The Balaban J connectivity index is 2.22. The lowest BCUT2D eigenvalue weighted by atomic mass is 9.95. The van der Waals surface area contributed by atoms with Gasteiger partial charge in [-0.05, 0) is 54.8 Å². The van der Waals surface area contributed by atoms with E-state index in [9.17, 15) is 31.1 Å². The Morgan fingerprint density at radius 1 is 0.941 bits per heavy atom. The smallest absolute Gasteiger partial charge is 0.352 e. The minimum Gasteiger partial charge on any atom is -0.352 e. The predicted octanol–water partition coefficient (Wildman–Crippen LogP) is 7.01. The van der Waals surface area contributed by atoms with E-state index in [2.05, 4.69) is 0 Å². The zero-order valence-corrected chi connectivity index (χ0v) is 18.8. The van der Waals surface area contributed by atoms with Crippen LogP contribution < -0.4 is 0 Å². The number of carbonyl (C=O) groups is 1. The maximum absolute atomic E-state index is 13.6. The van der Waals surface area contributed by atoms with Gasteiger partial charge in [-0.15, -0.1) is 0 Å². The van der Waals surface area contributed by atoms with Gasteiger partial charge >= 0.3 is 12.4 Å². The first-order valence-corrected chi connectivity index (χ1v) is 10.6. The van der Waals surface area contributed by atoms with Crippen molar-refractivity contribution in [1.29, 1.82) is 0 Å². The van der Waals surface area contributed by atoms with Gasteiger partial charge in [0.05, 0.1) is 17.2 Å². The molecule has 1 atom stereocenters. The summed E-state index contributed by atoms with van der Waals surface area (Å²) in [6, 6.07) is 11.1. The molecule has 34 heavy (non-hydrogen) atoms. The maximum atomic E-state index is 13.6. The highest BCUT2D eigenvalue weighted by Gasteiger charge is 2.39. The molecule has 1 unspecified atom stereocenters. The topological polar surface area (TPSA) is 25.2 Å². The van der Waals surface area contributed by atoms with E-state index in [1.165, 1.54) is 4.90 Å². The van der Waals surface area contributed by atoms with Gasteiger partial charge in [-0.1, -0.05) is 31.2 Å². The van der Waals surface area contributed by atoms with Crippen molar-refractivity contribution in [1.82, 2.24) is 9.47 Å². The largest absolute Gasteiger partial charge is 0.416 e. The second kappa shape index (κ2) is 9.56. The second-order valence-corrected chi connectivity index (χ2v) is 8.10. The minimum absolute atomic E-state index is 0.0248. The van der Waals surface area contributed by atoms with E-state index >= 15 is 0 Å². The van der Waals surface area contributed by atoms with Crippen molar-refractivity contribution >= 4 is 5.91 Å². The molecule has 0 N–H and O–H groups in total. The van der Waals surface area contributed by atoms with Crippen molar-refractivity contribution in [2.45, 2.75) is 38.7 Å². The number of halogens is 6. The summed E-state index contributed by atoms with van der Waals surface area (Å²) in [6.45, 7) is 3.75. The number of benzene rings is 2. The Morgan fingerprint density at radius 2 is 1.53 bits per heavy atom. The van der Waals surface area contributed by atoms with Gasteiger partial charge in [-0.2, -0.15) is 26.3 Å². The third-order valence-electron chi connectivity index (χ3n) is 5.62. The summed E-state index contributed by atoms with van der Waals surface area (Å²) >= 11 is 0. The molecule has 0 spiro atoms. The molecule has 0 radical (unpaired) electrons. The molecule has 0 aliphatic heterocycles. The predicted molar refractivity (Wildman–Crippen MR) is 116 cm³/mol. The lowest BCUT2D eigenvalue weighted by Crippen LogP contribution is -2.37. The summed E-state index contributed by atoms with van der Waals surface area (Å²) in [6.07, 6.45) is -7.87. The van der Waals surface area contributed by atoms with Crippen LogP contribution in [0.3, 0.4) is 0 Å². The Bertz CT molecular complexity index is 1130. The van der Waals surface area contributed by atoms with Gasteiger partial charge in [0.15, 0.2) is 0 Å². The van der Waals surface area contributed by atoms with Crippen LogP contribution in [0, 0.1) is 6.92 Å². The SMILES string of the molecule is CCCN(C(=O)c1cc(C(F)(F)F)cc(C(F)(F)F)c1)C(c1ccccc1C)c1cccn1C. The molecule has 0 fully saturated rings. The van der Waals surface area contributed by atoms with E-state index < -0.39 is 41.0 Å². The van der Waals surface area contributed by atoms with Crippen molar-refractivity contribution in [3.63, 3.8) is 0 Å². The van der Waals surface area contributed by atoms with Crippen LogP contribution in [0.25, 0.3) is 0 Å². The van der Waals surface area contributed by atoms with E-state index in [1.807, 2.05) is 19.1 Å². The fourth-order valence-corrected chi connectivity index (χ4v) is 3.97. The molecule has 1 heterocycles. The quantitative estimate of drug-likeness (QED) is 0.347. The van der Waals surface area contributed by atoms with Crippen LogP contribution in [0.1, 0.15) is 57.7 Å². The van der Waals surface area contributed by atoms with Crippen LogP contribution in [0.5, 0.6) is 0 Å². The Kier molecular flexibility index (Phi) is 7.14. The molecule has 0 aliphatic rings. The average molecular weight is 482 g/mol. The van der Waals surface area contributed by atoms with Crippen LogP contribution >= 0.6 is 0 Å². The highest BCUT2D eigenvalue weighted by atomic mass is 19.4. The molecular formula is C25H24F6N2O. The summed E-state index contributed by atoms with van der Waals surface area (Å²) in [5, 5.41) is 0. The number of amides is 1. The molecule has 9 heteroatoms. The number of aryl methyl sites for hydroxylation is 2. The van der Waals surface area contributed by atoms with Gasteiger partial charge in [-0.3, -0.25) is 4.79 Å². The van der Waals surface area contributed by atoms with Crippen molar-refractivity contribution in [2.75, 3.05) is 6.54 Å². The van der Waals surface area contributed by atoms with Crippen LogP contribution in [0.4, 0.5) is 26.3 Å². The van der Waals surface area contributed by atoms with Crippen LogP contribution in [0.2, 0.25) is 0 Å². The first-order valence-electron chi connectivity index (χ1n) is 10.6. The van der Waals surface area contributed by atoms with Crippen molar-refractivity contribution in [3.05, 3.63) is 94.3 Å². The van der Waals surface area contributed by atoms with Crippen LogP contribution in [0.15, 0.2) is 60.8 Å². The Labute approximate surface area is 193 Å². The van der Waals surface area contributed by atoms with E-state index in [-0.39, 0.29) is 12.6 Å². The third kappa shape index (κ3) is 5.29. The molecule has 3 rings (SSSR count). The lowest BCUT2D eigenvalue weighted by Gasteiger charge is -2.34. The van der Waals surface area contributed by atoms with Crippen molar-refractivity contribution < 1.29 is 31.1 Å². The van der Waals surface area contributed by atoms with Crippen LogP contribution in [-0.4, -0.2) is 21.9 Å². The summed E-state index contributed by atoms with van der Waals surface area (Å²) in [5.41, 5.74) is -1.46. The number of alkyl halides is 6. The summed E-state index contributed by atoms with van der Waals surface area (Å²) in [7, 11) is 1.77. The van der Waals surface area contributed by atoms with E-state index in [4.69, 9.17) is 0 Å². The highest BCUT2D eigenvalue weighted by molar-refractivity contribution is 5.95. The molecular weight excluding hydrogens is 458 g/mol. The Morgan fingerprint density at radius 3 is 2.00 bits per heavy atom. The Hall–Kier alpha value is -3.23. The molecule has 0 saturated carbocycles. The molecule has 3 nitrogen and oxygen atoms in total. The molecule has 0 bridgehead atoms. The number of hydrogen-bond acceptors (Lipinski definition) is 1. The molecule has 1 amide bonds. The number of aromatic nitrogens is 1.